The molecule has 2 aromatic carbocycles. The number of halogens is 4. The number of carbonyl (C=O) groups excluding carboxylic acids is 2. The topological polar surface area (TPSA) is 203 Å². The number of aromatic nitrogens is 6. The third kappa shape index (κ3) is 11.2. The van der Waals surface area contributed by atoms with Crippen molar-refractivity contribution in [3.8, 4) is 46.1 Å². The molecule has 0 N–H and O–H groups in total. The number of nitrogens with zero attached hydrogens (tertiary/aromatic N) is 6. The molecular formula is C42H38Cl2F2N6O12. The van der Waals surface area contributed by atoms with Gasteiger partial charge < -0.3 is 37.6 Å². The number of hydrogen-bond donors (Lipinski definition) is 0. The Labute approximate surface area is 371 Å². The smallest absolute Gasteiger partial charge is 0.344 e. The summed E-state index contributed by atoms with van der Waals surface area (Å²) in [5, 5.41) is -0.244. The molecule has 6 aromatic rings. The Bertz CT molecular complexity index is 2970. The number of benzene rings is 2. The lowest BCUT2D eigenvalue weighted by Gasteiger charge is -2.15. The van der Waals surface area contributed by atoms with Gasteiger partial charge in [-0.1, -0.05) is 30.1 Å². The van der Waals surface area contributed by atoms with Crippen LogP contribution in [0, 0.1) is 25.5 Å². The van der Waals surface area contributed by atoms with Crippen LogP contribution in [0.2, 0.25) is 10.0 Å². The quantitative estimate of drug-likeness (QED) is 0.123. The number of pyridine rings is 2. The minimum Gasteiger partial charge on any atom is -0.466 e. The van der Waals surface area contributed by atoms with E-state index in [1.165, 1.54) is 67.0 Å². The Kier molecular flexibility index (Phi) is 15.8. The van der Waals surface area contributed by atoms with Crippen LogP contribution < -0.4 is 41.4 Å². The van der Waals surface area contributed by atoms with Gasteiger partial charge >= 0.3 is 23.3 Å². The van der Waals surface area contributed by atoms with Gasteiger partial charge in [-0.15, -0.1) is 0 Å². The van der Waals surface area contributed by atoms with Crippen LogP contribution in [0.3, 0.4) is 0 Å². The van der Waals surface area contributed by atoms with Crippen LogP contribution in [-0.4, -0.2) is 67.1 Å². The highest BCUT2D eigenvalue weighted by molar-refractivity contribution is 6.32. The van der Waals surface area contributed by atoms with E-state index in [4.69, 9.17) is 46.9 Å². The first kappa shape index (κ1) is 47.7. The predicted molar refractivity (Wildman–Crippen MR) is 227 cm³/mol. The van der Waals surface area contributed by atoms with Crippen molar-refractivity contribution in [2.24, 2.45) is 14.1 Å². The molecule has 0 atom stereocenters. The summed E-state index contributed by atoms with van der Waals surface area (Å²) in [7, 11) is 4.13. The van der Waals surface area contributed by atoms with Crippen LogP contribution >= 0.6 is 23.2 Å². The molecule has 0 aliphatic rings. The molecule has 6 rings (SSSR count). The van der Waals surface area contributed by atoms with Gasteiger partial charge in [0.05, 0.1) is 35.1 Å². The van der Waals surface area contributed by atoms with Gasteiger partial charge in [-0.05, 0) is 56.7 Å². The van der Waals surface area contributed by atoms with E-state index in [0.717, 1.165) is 24.3 Å². The molecule has 4 heterocycles. The fourth-order valence-corrected chi connectivity index (χ4v) is 5.76. The number of methoxy groups -OCH3 is 1. The van der Waals surface area contributed by atoms with Crippen molar-refractivity contribution in [3.05, 3.63) is 148 Å². The van der Waals surface area contributed by atoms with Gasteiger partial charge in [0.1, 0.15) is 23.1 Å². The van der Waals surface area contributed by atoms with E-state index in [1.54, 1.807) is 26.0 Å². The second-order valence-corrected chi connectivity index (χ2v) is 14.1. The fourth-order valence-electron chi connectivity index (χ4n) is 5.38. The van der Waals surface area contributed by atoms with Crippen LogP contribution in [0.5, 0.6) is 34.8 Å². The van der Waals surface area contributed by atoms with Crippen LogP contribution in [0.1, 0.15) is 24.7 Å². The first-order valence-electron chi connectivity index (χ1n) is 18.8. The predicted octanol–water partition coefficient (Wildman–Crippen LogP) is 5.53. The number of hydrogen-bond acceptors (Lipinski definition) is 14. The van der Waals surface area contributed by atoms with Crippen molar-refractivity contribution >= 4 is 35.1 Å². The van der Waals surface area contributed by atoms with Crippen molar-refractivity contribution < 1.29 is 46.8 Å². The van der Waals surface area contributed by atoms with Gasteiger partial charge in [-0.3, -0.25) is 9.59 Å². The Balaban J connectivity index is 0.000000241. The standard InChI is InChI=1S/C22H21ClFN3O6.C20H17ClFN3O6/c1-4-8-31-20(29)12-32-21-17(6-5-7-25-21)33-18-11-16(15(24)10-14(18)23)27-19(28)9-13(2)26(3)22(27)30;1-11-7-17(26)25(20(28)24(11)2)14-9-16(12(21)8-13(14)22)31-15-5-4-6-23-19(15)30-10-18(27)29-3/h5-7,9-11H,4,8,12H2,1-3H3;4-9H,10H2,1-3H3. The summed E-state index contributed by atoms with van der Waals surface area (Å²) in [4.78, 5) is 81.0. The third-order valence-electron chi connectivity index (χ3n) is 8.87. The summed E-state index contributed by atoms with van der Waals surface area (Å²) >= 11 is 12.2. The number of ether oxygens (including phenoxy) is 6. The summed E-state index contributed by atoms with van der Waals surface area (Å²) in [6, 6.07) is 12.6. The molecule has 0 saturated heterocycles. The monoisotopic (exact) mass is 926 g/mol. The molecule has 0 fully saturated rings. The minimum absolute atomic E-state index is 0.0312. The first-order valence-corrected chi connectivity index (χ1v) is 19.5. The number of carbonyl (C=O) groups is 2. The Morgan fingerprint density at radius 3 is 1.48 bits per heavy atom. The average molecular weight is 928 g/mol. The fraction of sp³-hybridized carbons (Fsp3) is 0.238. The molecule has 0 radical (unpaired) electrons. The lowest BCUT2D eigenvalue weighted by atomic mass is 10.2. The van der Waals surface area contributed by atoms with E-state index in [0.29, 0.717) is 26.9 Å². The average Bonchev–Trinajstić information content (AvgIpc) is 3.26. The van der Waals surface area contributed by atoms with Crippen LogP contribution in [0.4, 0.5) is 8.78 Å². The highest BCUT2D eigenvalue weighted by Crippen LogP contribution is 2.37. The Morgan fingerprint density at radius 2 is 1.08 bits per heavy atom. The highest BCUT2D eigenvalue weighted by atomic mass is 35.5. The molecule has 0 bridgehead atoms. The molecule has 4 aromatic heterocycles. The maximum Gasteiger partial charge on any atom is 0.344 e. The molecule has 0 aliphatic carbocycles. The van der Waals surface area contributed by atoms with Gasteiger partial charge in [0.15, 0.2) is 24.7 Å². The molecule has 64 heavy (non-hydrogen) atoms. The lowest BCUT2D eigenvalue weighted by molar-refractivity contribution is -0.146. The van der Waals surface area contributed by atoms with E-state index in [2.05, 4.69) is 14.7 Å². The van der Waals surface area contributed by atoms with Crippen molar-refractivity contribution in [3.63, 3.8) is 0 Å². The summed E-state index contributed by atoms with van der Waals surface area (Å²) in [6.45, 7) is 4.48. The second kappa shape index (κ2) is 21.2. The van der Waals surface area contributed by atoms with Crippen molar-refractivity contribution in [2.75, 3.05) is 26.9 Å². The molecule has 336 valence electrons. The molecule has 0 unspecified atom stereocenters. The Morgan fingerprint density at radius 1 is 0.656 bits per heavy atom. The van der Waals surface area contributed by atoms with E-state index >= 15 is 0 Å². The number of aryl methyl sites for hydroxylation is 2. The largest absolute Gasteiger partial charge is 0.466 e. The molecule has 0 spiro atoms. The molecule has 0 aliphatic heterocycles. The SMILES string of the molecule is CCCOC(=O)COc1ncccc1Oc1cc(-n2c(=O)cc(C)n(C)c2=O)c(F)cc1Cl.COC(=O)COc1ncccc1Oc1cc(-n2c(=O)cc(C)n(C)c2=O)c(F)cc1Cl. The molecule has 0 amide bonds. The van der Waals surface area contributed by atoms with Gasteiger partial charge in [-0.25, -0.2) is 47.1 Å². The van der Waals surface area contributed by atoms with Gasteiger partial charge in [-0.2, -0.15) is 0 Å². The van der Waals surface area contributed by atoms with Crippen LogP contribution in [0.25, 0.3) is 11.4 Å². The third-order valence-corrected chi connectivity index (χ3v) is 9.46. The molecule has 18 nitrogen and oxygen atoms in total. The number of rotatable bonds is 14. The summed E-state index contributed by atoms with van der Waals surface area (Å²) in [5.41, 5.74) is -2.74. The maximum absolute atomic E-state index is 14.7. The van der Waals surface area contributed by atoms with Gasteiger partial charge in [0, 0.05) is 62.1 Å². The van der Waals surface area contributed by atoms with E-state index in [1.807, 2.05) is 6.92 Å². The molecular weight excluding hydrogens is 889 g/mol. The zero-order valence-electron chi connectivity index (χ0n) is 34.9. The zero-order valence-corrected chi connectivity index (χ0v) is 36.4. The number of esters is 2. The normalized spacial score (nSPS) is 10.7. The zero-order chi connectivity index (χ0) is 46.8. The van der Waals surface area contributed by atoms with Gasteiger partial charge in [0.2, 0.25) is 0 Å². The van der Waals surface area contributed by atoms with Crippen molar-refractivity contribution in [1.82, 2.24) is 28.2 Å². The Hall–Kier alpha value is -7.32. The van der Waals surface area contributed by atoms with E-state index < -0.39 is 59.3 Å². The molecule has 22 heteroatoms. The highest BCUT2D eigenvalue weighted by Gasteiger charge is 2.21. The minimum atomic E-state index is -0.895. The van der Waals surface area contributed by atoms with Crippen molar-refractivity contribution in [2.45, 2.75) is 27.2 Å². The van der Waals surface area contributed by atoms with Crippen LogP contribution in [-0.2, 0) is 33.2 Å². The van der Waals surface area contributed by atoms with Crippen LogP contribution in [0.15, 0.2) is 92.2 Å². The lowest BCUT2D eigenvalue weighted by Crippen LogP contribution is -2.38. The first-order chi connectivity index (χ1) is 30.4. The summed E-state index contributed by atoms with van der Waals surface area (Å²) in [6.07, 6.45) is 3.50. The summed E-state index contributed by atoms with van der Waals surface area (Å²) in [5.74, 6) is -3.06. The van der Waals surface area contributed by atoms with Crippen molar-refractivity contribution in [1.29, 1.82) is 0 Å². The maximum atomic E-state index is 14.7. The molecule has 0 saturated carbocycles. The van der Waals surface area contributed by atoms with Gasteiger partial charge in [0.25, 0.3) is 22.9 Å². The van der Waals surface area contributed by atoms with E-state index in [-0.39, 0.29) is 62.8 Å². The second-order valence-electron chi connectivity index (χ2n) is 13.3. The van der Waals surface area contributed by atoms with E-state index in [9.17, 15) is 37.5 Å². The summed E-state index contributed by atoms with van der Waals surface area (Å²) < 4.78 is 64.6.